The number of amides is 2. The van der Waals surface area contributed by atoms with Crippen molar-refractivity contribution in [1.29, 1.82) is 0 Å². The Balaban J connectivity index is 1.53. The third-order valence-electron chi connectivity index (χ3n) is 5.40. The second-order valence-electron chi connectivity index (χ2n) is 7.71. The lowest BCUT2D eigenvalue weighted by atomic mass is 10.2. The summed E-state index contributed by atoms with van der Waals surface area (Å²) in [6.07, 6.45) is 4.86. The first kappa shape index (κ1) is 19.2. The van der Waals surface area contributed by atoms with Crippen molar-refractivity contribution in [2.75, 3.05) is 19.0 Å². The third-order valence-corrected chi connectivity index (χ3v) is 6.92. The van der Waals surface area contributed by atoms with Gasteiger partial charge < -0.3 is 15.0 Å². The predicted molar refractivity (Wildman–Crippen MR) is 102 cm³/mol. The molecule has 2 saturated carbocycles. The molecular formula is C19H25N3O5S. The van der Waals surface area contributed by atoms with Gasteiger partial charge in [0.2, 0.25) is 21.8 Å². The van der Waals surface area contributed by atoms with Gasteiger partial charge in [-0.25, -0.2) is 13.1 Å². The Morgan fingerprint density at radius 3 is 2.54 bits per heavy atom. The molecule has 9 heteroatoms. The van der Waals surface area contributed by atoms with E-state index in [2.05, 4.69) is 10.0 Å². The van der Waals surface area contributed by atoms with Crippen molar-refractivity contribution in [3.8, 4) is 5.75 Å². The smallest absolute Gasteiger partial charge is 0.247 e. The highest BCUT2D eigenvalue weighted by molar-refractivity contribution is 7.89. The number of carbonyl (C=O) groups excluding carboxylic acids is 2. The Hall–Kier alpha value is -2.13. The van der Waals surface area contributed by atoms with E-state index < -0.39 is 16.1 Å². The van der Waals surface area contributed by atoms with E-state index in [9.17, 15) is 18.0 Å². The molecule has 1 aromatic carbocycles. The number of anilines is 1. The summed E-state index contributed by atoms with van der Waals surface area (Å²) in [5.74, 6) is 0.172. The van der Waals surface area contributed by atoms with Crippen molar-refractivity contribution < 1.29 is 22.7 Å². The molecule has 1 aromatic rings. The maximum Gasteiger partial charge on any atom is 0.247 e. The molecule has 0 radical (unpaired) electrons. The van der Waals surface area contributed by atoms with Crippen LogP contribution >= 0.6 is 0 Å². The van der Waals surface area contributed by atoms with E-state index >= 15 is 0 Å². The zero-order valence-electron chi connectivity index (χ0n) is 15.8. The lowest BCUT2D eigenvalue weighted by Crippen LogP contribution is -2.43. The molecule has 1 aliphatic heterocycles. The number of ether oxygens (including phenoxy) is 1. The Bertz CT molecular complexity index is 893. The van der Waals surface area contributed by atoms with E-state index in [4.69, 9.17) is 4.74 Å². The van der Waals surface area contributed by atoms with Gasteiger partial charge in [0.15, 0.2) is 0 Å². The van der Waals surface area contributed by atoms with Gasteiger partial charge in [0.05, 0.1) is 17.7 Å². The third kappa shape index (κ3) is 4.00. The molecular weight excluding hydrogens is 382 g/mol. The normalized spacial score (nSPS) is 22.2. The number of hydrogen-bond donors (Lipinski definition) is 2. The van der Waals surface area contributed by atoms with Crippen LogP contribution in [0.2, 0.25) is 0 Å². The van der Waals surface area contributed by atoms with Crippen molar-refractivity contribution in [3.63, 3.8) is 0 Å². The molecule has 2 amide bonds. The zero-order valence-corrected chi connectivity index (χ0v) is 16.6. The van der Waals surface area contributed by atoms with Crippen LogP contribution in [0.1, 0.15) is 38.5 Å². The minimum atomic E-state index is -3.65. The summed E-state index contributed by atoms with van der Waals surface area (Å²) in [6.45, 7) is 0.588. The van der Waals surface area contributed by atoms with Gasteiger partial charge in [-0.3, -0.25) is 9.59 Å². The molecule has 28 heavy (non-hydrogen) atoms. The molecule has 4 rings (SSSR count). The van der Waals surface area contributed by atoms with E-state index in [0.29, 0.717) is 18.7 Å². The molecule has 2 N–H and O–H groups in total. The van der Waals surface area contributed by atoms with Gasteiger partial charge in [-0.1, -0.05) is 0 Å². The Kier molecular flexibility index (Phi) is 5.05. The summed E-state index contributed by atoms with van der Waals surface area (Å²) >= 11 is 0. The number of sulfonamides is 1. The second kappa shape index (κ2) is 7.36. The van der Waals surface area contributed by atoms with Crippen LogP contribution in [0.4, 0.5) is 5.69 Å². The monoisotopic (exact) mass is 407 g/mol. The van der Waals surface area contributed by atoms with Crippen LogP contribution < -0.4 is 14.8 Å². The molecule has 1 atom stereocenters. The van der Waals surface area contributed by atoms with Crippen LogP contribution in [0.15, 0.2) is 23.1 Å². The highest BCUT2D eigenvalue weighted by Gasteiger charge is 2.41. The molecule has 152 valence electrons. The van der Waals surface area contributed by atoms with Crippen molar-refractivity contribution in [2.24, 2.45) is 5.92 Å². The molecule has 1 heterocycles. The summed E-state index contributed by atoms with van der Waals surface area (Å²) < 4.78 is 32.9. The summed E-state index contributed by atoms with van der Waals surface area (Å²) in [4.78, 5) is 27.0. The fourth-order valence-corrected chi connectivity index (χ4v) is 4.86. The number of benzene rings is 1. The number of carbonyl (C=O) groups is 2. The van der Waals surface area contributed by atoms with E-state index in [1.165, 1.54) is 25.3 Å². The van der Waals surface area contributed by atoms with Gasteiger partial charge >= 0.3 is 0 Å². The molecule has 0 spiro atoms. The lowest BCUT2D eigenvalue weighted by molar-refractivity contribution is -0.137. The predicted octanol–water partition coefficient (Wildman–Crippen LogP) is 1.48. The number of nitrogens with one attached hydrogen (secondary N) is 2. The molecule has 0 aromatic heterocycles. The molecule has 8 nitrogen and oxygen atoms in total. The quantitative estimate of drug-likeness (QED) is 0.712. The topological polar surface area (TPSA) is 105 Å². The summed E-state index contributed by atoms with van der Waals surface area (Å²) in [6, 6.07) is 3.85. The van der Waals surface area contributed by atoms with Gasteiger partial charge in [0.25, 0.3) is 0 Å². The minimum Gasteiger partial charge on any atom is -0.495 e. The fourth-order valence-electron chi connectivity index (χ4n) is 3.52. The summed E-state index contributed by atoms with van der Waals surface area (Å²) in [5.41, 5.74) is 0.289. The summed E-state index contributed by atoms with van der Waals surface area (Å²) in [5, 5.41) is 2.78. The van der Waals surface area contributed by atoms with E-state index in [-0.39, 0.29) is 34.4 Å². The summed E-state index contributed by atoms with van der Waals surface area (Å²) in [7, 11) is -2.19. The highest BCUT2D eigenvalue weighted by atomic mass is 32.2. The minimum absolute atomic E-state index is 0.00868. The van der Waals surface area contributed by atoms with E-state index in [1.807, 2.05) is 0 Å². The van der Waals surface area contributed by atoms with Gasteiger partial charge in [-0.05, 0) is 56.7 Å². The first-order valence-corrected chi connectivity index (χ1v) is 11.2. The van der Waals surface area contributed by atoms with Gasteiger partial charge in [-0.15, -0.1) is 0 Å². The van der Waals surface area contributed by atoms with Gasteiger partial charge in [0, 0.05) is 18.5 Å². The molecule has 3 aliphatic rings. The average Bonchev–Trinajstić information content (AvgIpc) is 3.60. The molecule has 2 aliphatic carbocycles. The van der Waals surface area contributed by atoms with Crippen LogP contribution in [-0.4, -0.2) is 50.9 Å². The van der Waals surface area contributed by atoms with E-state index in [0.717, 1.165) is 32.1 Å². The number of hydrogen-bond acceptors (Lipinski definition) is 5. The van der Waals surface area contributed by atoms with E-state index in [1.54, 1.807) is 4.90 Å². The maximum absolute atomic E-state index is 12.9. The standard InChI is InChI=1S/C19H25N3O5S/c1-27-17-9-8-14(28(25,26)21-13-6-7-13)11-15(17)20-18(23)16-3-2-10-22(16)19(24)12-4-5-12/h8-9,11-13,16,21H,2-7,10H2,1H3,(H,20,23). The number of likely N-dealkylation sites (tertiary alicyclic amines) is 1. The molecule has 1 unspecified atom stereocenters. The van der Waals surface area contributed by atoms with Gasteiger partial charge in [-0.2, -0.15) is 0 Å². The Labute approximate surface area is 164 Å². The van der Waals surface area contributed by atoms with Crippen LogP contribution in [0, 0.1) is 5.92 Å². The molecule has 1 saturated heterocycles. The fraction of sp³-hybridized carbons (Fsp3) is 0.579. The molecule has 3 fully saturated rings. The zero-order chi connectivity index (χ0) is 19.9. The number of rotatable bonds is 7. The SMILES string of the molecule is COc1ccc(S(=O)(=O)NC2CC2)cc1NC(=O)C1CCCN1C(=O)C1CC1. The largest absolute Gasteiger partial charge is 0.495 e. The first-order valence-electron chi connectivity index (χ1n) is 9.71. The Morgan fingerprint density at radius 1 is 1.14 bits per heavy atom. The average molecular weight is 407 g/mol. The van der Waals surface area contributed by atoms with Crippen LogP contribution in [0.5, 0.6) is 5.75 Å². The van der Waals surface area contributed by atoms with Crippen molar-refractivity contribution in [1.82, 2.24) is 9.62 Å². The van der Waals surface area contributed by atoms with Crippen LogP contribution in [0.25, 0.3) is 0 Å². The molecule has 0 bridgehead atoms. The van der Waals surface area contributed by atoms with Gasteiger partial charge in [0.1, 0.15) is 11.8 Å². The number of nitrogens with zero attached hydrogens (tertiary/aromatic N) is 1. The van der Waals surface area contributed by atoms with Crippen molar-refractivity contribution in [2.45, 2.75) is 55.5 Å². The van der Waals surface area contributed by atoms with Crippen LogP contribution in [-0.2, 0) is 19.6 Å². The number of methoxy groups -OCH3 is 1. The maximum atomic E-state index is 12.9. The highest BCUT2D eigenvalue weighted by Crippen LogP contribution is 2.34. The van der Waals surface area contributed by atoms with Crippen molar-refractivity contribution >= 4 is 27.5 Å². The Morgan fingerprint density at radius 2 is 1.89 bits per heavy atom. The first-order chi connectivity index (χ1) is 13.4. The van der Waals surface area contributed by atoms with Crippen LogP contribution in [0.3, 0.4) is 0 Å². The lowest BCUT2D eigenvalue weighted by Gasteiger charge is -2.24. The van der Waals surface area contributed by atoms with Crippen molar-refractivity contribution in [3.05, 3.63) is 18.2 Å². The second-order valence-corrected chi connectivity index (χ2v) is 9.42.